The molecule has 2 fully saturated rings. The number of hydrogen-bond acceptors (Lipinski definition) is 4. The molecule has 0 spiro atoms. The van der Waals surface area contributed by atoms with Crippen LogP contribution in [0.1, 0.15) is 32.6 Å². The first kappa shape index (κ1) is 10.9. The maximum Gasteiger partial charge on any atom is 0.363 e. The summed E-state index contributed by atoms with van der Waals surface area (Å²) in [6.07, 6.45) is 4.05. The molecule has 0 N–H and O–H groups in total. The molecule has 1 saturated carbocycles. The van der Waals surface area contributed by atoms with E-state index in [2.05, 4.69) is 0 Å². The summed E-state index contributed by atoms with van der Waals surface area (Å²) in [4.78, 5) is 11.4. The molecule has 15 heavy (non-hydrogen) atoms. The lowest BCUT2D eigenvalue weighted by molar-refractivity contribution is -0.249. The summed E-state index contributed by atoms with van der Waals surface area (Å²) in [6, 6.07) is 0. The highest BCUT2D eigenvalue weighted by Gasteiger charge is 2.37. The van der Waals surface area contributed by atoms with Crippen LogP contribution in [0.4, 0.5) is 0 Å². The van der Waals surface area contributed by atoms with Crippen LogP contribution in [-0.4, -0.2) is 31.6 Å². The van der Waals surface area contributed by atoms with Crippen molar-refractivity contribution in [2.75, 3.05) is 13.2 Å². The topological polar surface area (TPSA) is 44.8 Å². The van der Waals surface area contributed by atoms with Gasteiger partial charge in [-0.3, -0.25) is 0 Å². The largest absolute Gasteiger partial charge is 0.462 e. The van der Waals surface area contributed by atoms with Gasteiger partial charge in [0.1, 0.15) is 0 Å². The Morgan fingerprint density at radius 1 is 1.40 bits per heavy atom. The summed E-state index contributed by atoms with van der Waals surface area (Å²) in [7, 11) is 0. The van der Waals surface area contributed by atoms with E-state index in [1.54, 1.807) is 6.92 Å². The van der Waals surface area contributed by atoms with E-state index in [4.69, 9.17) is 14.2 Å². The number of carbonyl (C=O) groups is 1. The first-order valence-electron chi connectivity index (χ1n) is 5.75. The number of esters is 1. The zero-order chi connectivity index (χ0) is 10.7. The van der Waals surface area contributed by atoms with Crippen molar-refractivity contribution in [1.29, 1.82) is 0 Å². The molecule has 0 amide bonds. The lowest BCUT2D eigenvalue weighted by Gasteiger charge is -2.38. The average molecular weight is 214 g/mol. The first-order chi connectivity index (χ1) is 7.31. The smallest absolute Gasteiger partial charge is 0.363 e. The predicted octanol–water partition coefficient (Wildman–Crippen LogP) is 1.48. The Hall–Kier alpha value is -0.610. The van der Waals surface area contributed by atoms with Gasteiger partial charge in [-0.05, 0) is 19.8 Å². The van der Waals surface area contributed by atoms with Gasteiger partial charge in [0.15, 0.2) is 0 Å². The highest BCUT2D eigenvalue weighted by atomic mass is 16.7. The molecular formula is C11H18O4. The minimum atomic E-state index is -0.788. The van der Waals surface area contributed by atoms with E-state index < -0.39 is 6.29 Å². The predicted molar refractivity (Wildman–Crippen MR) is 53.2 cm³/mol. The van der Waals surface area contributed by atoms with Gasteiger partial charge >= 0.3 is 5.97 Å². The maximum atomic E-state index is 11.4. The fourth-order valence-corrected chi connectivity index (χ4v) is 2.29. The van der Waals surface area contributed by atoms with Gasteiger partial charge in [0.2, 0.25) is 0 Å². The Bertz CT molecular complexity index is 229. The van der Waals surface area contributed by atoms with Crippen LogP contribution >= 0.6 is 0 Å². The van der Waals surface area contributed by atoms with Crippen molar-refractivity contribution in [3.63, 3.8) is 0 Å². The van der Waals surface area contributed by atoms with Crippen LogP contribution in [0.25, 0.3) is 0 Å². The molecule has 4 heteroatoms. The zero-order valence-corrected chi connectivity index (χ0v) is 9.11. The van der Waals surface area contributed by atoms with Gasteiger partial charge < -0.3 is 14.2 Å². The van der Waals surface area contributed by atoms with E-state index in [1.807, 2.05) is 0 Å². The van der Waals surface area contributed by atoms with Gasteiger partial charge in [0.05, 0.1) is 19.3 Å². The second-order valence-electron chi connectivity index (χ2n) is 4.14. The van der Waals surface area contributed by atoms with Crippen LogP contribution in [0.15, 0.2) is 0 Å². The third-order valence-corrected chi connectivity index (χ3v) is 3.08. The number of rotatable bonds is 2. The van der Waals surface area contributed by atoms with Crippen LogP contribution in [0.5, 0.6) is 0 Å². The van der Waals surface area contributed by atoms with Gasteiger partial charge in [-0.1, -0.05) is 12.8 Å². The van der Waals surface area contributed by atoms with Gasteiger partial charge in [-0.15, -0.1) is 0 Å². The molecule has 0 aromatic heterocycles. The van der Waals surface area contributed by atoms with E-state index in [0.717, 1.165) is 12.8 Å². The molecule has 4 nitrogen and oxygen atoms in total. The third-order valence-electron chi connectivity index (χ3n) is 3.08. The number of carbonyl (C=O) groups excluding carboxylic acids is 1. The lowest BCUT2D eigenvalue weighted by Crippen LogP contribution is -2.45. The molecule has 2 rings (SSSR count). The molecule has 0 radical (unpaired) electrons. The van der Waals surface area contributed by atoms with Crippen LogP contribution in [0.2, 0.25) is 0 Å². The van der Waals surface area contributed by atoms with Crippen LogP contribution in [-0.2, 0) is 19.0 Å². The Kier molecular flexibility index (Phi) is 3.59. The molecule has 86 valence electrons. The van der Waals surface area contributed by atoms with Crippen molar-refractivity contribution in [3.8, 4) is 0 Å². The molecule has 0 aromatic rings. The summed E-state index contributed by atoms with van der Waals surface area (Å²) in [6.45, 7) is 2.79. The van der Waals surface area contributed by atoms with E-state index in [1.165, 1.54) is 12.8 Å². The third kappa shape index (κ3) is 2.49. The van der Waals surface area contributed by atoms with Crippen molar-refractivity contribution in [1.82, 2.24) is 0 Å². The van der Waals surface area contributed by atoms with Crippen molar-refractivity contribution < 1.29 is 19.0 Å². The van der Waals surface area contributed by atoms with Crippen LogP contribution < -0.4 is 0 Å². The van der Waals surface area contributed by atoms with E-state index in [0.29, 0.717) is 19.1 Å². The maximum absolute atomic E-state index is 11.4. The molecule has 2 aliphatic rings. The van der Waals surface area contributed by atoms with E-state index in [9.17, 15) is 4.79 Å². The Labute approximate surface area is 89.9 Å². The highest BCUT2D eigenvalue weighted by Crippen LogP contribution is 2.31. The van der Waals surface area contributed by atoms with Crippen molar-refractivity contribution in [3.05, 3.63) is 0 Å². The summed E-state index contributed by atoms with van der Waals surface area (Å²) in [5, 5.41) is 0. The molecular weight excluding hydrogens is 196 g/mol. The molecule has 0 bridgehead atoms. The monoisotopic (exact) mass is 214 g/mol. The molecule has 1 aliphatic carbocycles. The van der Waals surface area contributed by atoms with E-state index in [-0.39, 0.29) is 12.1 Å². The average Bonchev–Trinajstić information content (AvgIpc) is 2.29. The molecule has 1 heterocycles. The normalized spacial score (nSPS) is 35.7. The van der Waals surface area contributed by atoms with Crippen molar-refractivity contribution in [2.24, 2.45) is 5.92 Å². The quantitative estimate of drug-likeness (QED) is 0.653. The van der Waals surface area contributed by atoms with Crippen LogP contribution in [0, 0.1) is 5.92 Å². The van der Waals surface area contributed by atoms with Crippen molar-refractivity contribution in [2.45, 2.75) is 45.0 Å². The fourth-order valence-electron chi connectivity index (χ4n) is 2.29. The number of ether oxygens (including phenoxy) is 3. The fraction of sp³-hybridized carbons (Fsp3) is 0.909. The molecule has 3 atom stereocenters. The molecule has 1 aliphatic heterocycles. The Morgan fingerprint density at radius 3 is 3.00 bits per heavy atom. The SMILES string of the molecule is CCOC(=O)[C@@H]1OC[C@H]2CCCC[C@@H]2O1. The highest BCUT2D eigenvalue weighted by molar-refractivity contribution is 5.73. The second kappa shape index (κ2) is 4.94. The van der Waals surface area contributed by atoms with E-state index >= 15 is 0 Å². The number of hydrogen-bond donors (Lipinski definition) is 0. The minimum absolute atomic E-state index is 0.196. The van der Waals surface area contributed by atoms with Crippen LogP contribution in [0.3, 0.4) is 0 Å². The summed E-state index contributed by atoms with van der Waals surface area (Å²) < 4.78 is 15.8. The van der Waals surface area contributed by atoms with Crippen molar-refractivity contribution >= 4 is 5.97 Å². The molecule has 0 aromatic carbocycles. The minimum Gasteiger partial charge on any atom is -0.462 e. The van der Waals surface area contributed by atoms with Gasteiger partial charge in [0, 0.05) is 5.92 Å². The number of fused-ring (bicyclic) bond motifs is 1. The molecule has 0 unspecified atom stereocenters. The Balaban J connectivity index is 1.87. The van der Waals surface area contributed by atoms with Gasteiger partial charge in [-0.25, -0.2) is 4.79 Å². The standard InChI is InChI=1S/C11H18O4/c1-2-13-10(12)11-14-7-8-5-3-4-6-9(8)15-11/h8-9,11H,2-7H2,1H3/t8-,9+,11-/m1/s1. The van der Waals surface area contributed by atoms with Gasteiger partial charge in [0.25, 0.3) is 6.29 Å². The summed E-state index contributed by atoms with van der Waals surface area (Å²) in [5.41, 5.74) is 0. The summed E-state index contributed by atoms with van der Waals surface area (Å²) in [5.74, 6) is 0.0888. The Morgan fingerprint density at radius 2 is 2.20 bits per heavy atom. The second-order valence-corrected chi connectivity index (χ2v) is 4.14. The zero-order valence-electron chi connectivity index (χ0n) is 9.11. The lowest BCUT2D eigenvalue weighted by atomic mass is 9.86. The van der Waals surface area contributed by atoms with Gasteiger partial charge in [-0.2, -0.15) is 0 Å². The molecule has 1 saturated heterocycles. The first-order valence-corrected chi connectivity index (χ1v) is 5.75. The summed E-state index contributed by atoms with van der Waals surface area (Å²) >= 11 is 0.